The number of nitrogens with one attached hydrogen (secondary N) is 1. The lowest BCUT2D eigenvalue weighted by Gasteiger charge is -2.31. The molecule has 0 spiro atoms. The van der Waals surface area contributed by atoms with E-state index >= 15 is 0 Å². The fraction of sp³-hybridized carbons (Fsp3) is 0.562. The Kier molecular flexibility index (Phi) is 5.01. The van der Waals surface area contributed by atoms with Gasteiger partial charge in [-0.05, 0) is 31.9 Å². The van der Waals surface area contributed by atoms with Crippen molar-refractivity contribution in [3.05, 3.63) is 24.3 Å². The predicted octanol–water partition coefficient (Wildman–Crippen LogP) is 3.11. The Balaban J connectivity index is 1.97. The minimum Gasteiger partial charge on any atom is -0.492 e. The van der Waals surface area contributed by atoms with E-state index in [1.807, 2.05) is 31.2 Å². The third-order valence-electron chi connectivity index (χ3n) is 3.73. The third kappa shape index (κ3) is 3.97. The number of carbonyl (C=O) groups is 1. The number of hydrogen-bond donors (Lipinski definition) is 2. The van der Waals surface area contributed by atoms with Crippen LogP contribution in [-0.2, 0) is 4.79 Å². The molecule has 1 aliphatic rings. The van der Waals surface area contributed by atoms with E-state index in [2.05, 4.69) is 5.32 Å². The molecule has 4 nitrogen and oxygen atoms in total. The summed E-state index contributed by atoms with van der Waals surface area (Å²) in [5, 5.41) is 13.2. The molecule has 0 aliphatic heterocycles. The first kappa shape index (κ1) is 14.9. The van der Waals surface area contributed by atoms with Crippen molar-refractivity contribution in [1.82, 2.24) is 0 Å². The van der Waals surface area contributed by atoms with E-state index < -0.39 is 5.60 Å². The summed E-state index contributed by atoms with van der Waals surface area (Å²) in [6.45, 7) is 2.46. The maximum absolute atomic E-state index is 12.1. The van der Waals surface area contributed by atoms with E-state index in [1.54, 1.807) is 0 Å². The quantitative estimate of drug-likeness (QED) is 0.869. The minimum atomic E-state index is -0.830. The van der Waals surface area contributed by atoms with Gasteiger partial charge in [0.2, 0.25) is 5.91 Å². The van der Waals surface area contributed by atoms with Crippen molar-refractivity contribution in [3.8, 4) is 5.75 Å². The van der Waals surface area contributed by atoms with Gasteiger partial charge in [0.15, 0.2) is 0 Å². The van der Waals surface area contributed by atoms with Gasteiger partial charge >= 0.3 is 0 Å². The lowest BCUT2D eigenvalue weighted by atomic mass is 9.82. The molecule has 1 saturated carbocycles. The van der Waals surface area contributed by atoms with E-state index in [4.69, 9.17) is 4.74 Å². The van der Waals surface area contributed by atoms with E-state index in [9.17, 15) is 9.90 Å². The van der Waals surface area contributed by atoms with Crippen LogP contribution >= 0.6 is 0 Å². The molecule has 1 fully saturated rings. The molecule has 0 heterocycles. The monoisotopic (exact) mass is 277 g/mol. The molecule has 0 saturated heterocycles. The number of para-hydroxylation sites is 2. The predicted molar refractivity (Wildman–Crippen MR) is 78.9 cm³/mol. The van der Waals surface area contributed by atoms with E-state index in [0.29, 0.717) is 30.9 Å². The molecule has 1 amide bonds. The molecule has 20 heavy (non-hydrogen) atoms. The molecule has 2 N–H and O–H groups in total. The van der Waals surface area contributed by atoms with Crippen molar-refractivity contribution >= 4 is 11.6 Å². The Labute approximate surface area is 120 Å². The van der Waals surface area contributed by atoms with E-state index in [-0.39, 0.29) is 12.3 Å². The molecule has 0 unspecified atom stereocenters. The fourth-order valence-corrected chi connectivity index (χ4v) is 2.73. The second-order valence-electron chi connectivity index (χ2n) is 5.44. The second-order valence-corrected chi connectivity index (χ2v) is 5.44. The summed E-state index contributed by atoms with van der Waals surface area (Å²) >= 11 is 0. The van der Waals surface area contributed by atoms with Gasteiger partial charge in [-0.3, -0.25) is 4.79 Å². The van der Waals surface area contributed by atoms with Gasteiger partial charge in [0, 0.05) is 0 Å². The molecule has 0 radical (unpaired) electrons. The minimum absolute atomic E-state index is 0.151. The maximum Gasteiger partial charge on any atom is 0.227 e. The maximum atomic E-state index is 12.1. The Morgan fingerprint density at radius 2 is 2.00 bits per heavy atom. The van der Waals surface area contributed by atoms with Crippen LogP contribution < -0.4 is 10.1 Å². The zero-order valence-corrected chi connectivity index (χ0v) is 12.0. The molecule has 0 atom stereocenters. The van der Waals surface area contributed by atoms with Crippen LogP contribution in [0.15, 0.2) is 24.3 Å². The van der Waals surface area contributed by atoms with Crippen molar-refractivity contribution in [3.63, 3.8) is 0 Å². The summed E-state index contributed by atoms with van der Waals surface area (Å²) < 4.78 is 5.48. The van der Waals surface area contributed by atoms with Crippen molar-refractivity contribution in [2.75, 3.05) is 11.9 Å². The number of carbonyl (C=O) groups excluding carboxylic acids is 1. The van der Waals surface area contributed by atoms with Crippen LogP contribution in [0.25, 0.3) is 0 Å². The topological polar surface area (TPSA) is 58.6 Å². The van der Waals surface area contributed by atoms with Crippen LogP contribution in [0.1, 0.15) is 45.4 Å². The normalized spacial score (nSPS) is 17.5. The van der Waals surface area contributed by atoms with Gasteiger partial charge in [0.05, 0.1) is 24.3 Å². The summed E-state index contributed by atoms with van der Waals surface area (Å²) in [7, 11) is 0. The summed E-state index contributed by atoms with van der Waals surface area (Å²) in [5.41, 5.74) is -0.165. The highest BCUT2D eigenvalue weighted by molar-refractivity contribution is 5.92. The summed E-state index contributed by atoms with van der Waals surface area (Å²) in [5.74, 6) is 0.514. The summed E-state index contributed by atoms with van der Waals surface area (Å²) in [6, 6.07) is 7.37. The number of aliphatic hydroxyl groups is 1. The molecule has 1 aromatic rings. The van der Waals surface area contributed by atoms with Crippen molar-refractivity contribution in [2.24, 2.45) is 0 Å². The summed E-state index contributed by atoms with van der Waals surface area (Å²) in [4.78, 5) is 12.1. The van der Waals surface area contributed by atoms with Crippen molar-refractivity contribution in [2.45, 2.75) is 51.0 Å². The molecule has 0 aromatic heterocycles. The number of anilines is 1. The zero-order chi connectivity index (χ0) is 14.4. The van der Waals surface area contributed by atoms with Gasteiger partial charge in [0.25, 0.3) is 0 Å². The van der Waals surface area contributed by atoms with Crippen molar-refractivity contribution in [1.29, 1.82) is 0 Å². The first-order valence-electron chi connectivity index (χ1n) is 7.37. The third-order valence-corrected chi connectivity index (χ3v) is 3.73. The molecule has 2 rings (SSSR count). The smallest absolute Gasteiger partial charge is 0.227 e. The zero-order valence-electron chi connectivity index (χ0n) is 12.0. The highest BCUT2D eigenvalue weighted by atomic mass is 16.5. The highest BCUT2D eigenvalue weighted by Crippen LogP contribution is 2.31. The Morgan fingerprint density at radius 3 is 2.70 bits per heavy atom. The summed E-state index contributed by atoms with van der Waals surface area (Å²) in [6.07, 6.45) is 4.74. The molecule has 0 bridgehead atoms. The average Bonchev–Trinajstić information content (AvgIpc) is 2.41. The largest absolute Gasteiger partial charge is 0.492 e. The highest BCUT2D eigenvalue weighted by Gasteiger charge is 2.31. The van der Waals surface area contributed by atoms with Gasteiger partial charge in [-0.25, -0.2) is 0 Å². The van der Waals surface area contributed by atoms with Gasteiger partial charge in [0.1, 0.15) is 5.75 Å². The Bertz CT molecular complexity index is 453. The van der Waals surface area contributed by atoms with Gasteiger partial charge in [-0.1, -0.05) is 31.4 Å². The van der Waals surface area contributed by atoms with E-state index in [0.717, 1.165) is 19.3 Å². The van der Waals surface area contributed by atoms with Crippen LogP contribution in [0, 0.1) is 0 Å². The number of benzene rings is 1. The Morgan fingerprint density at radius 1 is 1.30 bits per heavy atom. The molecule has 1 aliphatic carbocycles. The number of hydrogen-bond acceptors (Lipinski definition) is 3. The van der Waals surface area contributed by atoms with E-state index in [1.165, 1.54) is 0 Å². The lowest BCUT2D eigenvalue weighted by Crippen LogP contribution is -2.35. The Hall–Kier alpha value is -1.55. The molecule has 1 aromatic carbocycles. The van der Waals surface area contributed by atoms with Crippen molar-refractivity contribution < 1.29 is 14.6 Å². The lowest BCUT2D eigenvalue weighted by molar-refractivity contribution is -0.122. The fourth-order valence-electron chi connectivity index (χ4n) is 2.73. The van der Waals surface area contributed by atoms with Crippen LogP contribution in [0.4, 0.5) is 5.69 Å². The first-order valence-corrected chi connectivity index (χ1v) is 7.37. The molecular weight excluding hydrogens is 254 g/mol. The van der Waals surface area contributed by atoms with Crippen LogP contribution in [0.2, 0.25) is 0 Å². The van der Waals surface area contributed by atoms with Gasteiger partial charge in [-0.2, -0.15) is 0 Å². The van der Waals surface area contributed by atoms with Gasteiger partial charge in [-0.15, -0.1) is 0 Å². The molecule has 110 valence electrons. The van der Waals surface area contributed by atoms with Gasteiger partial charge < -0.3 is 15.2 Å². The average molecular weight is 277 g/mol. The number of amides is 1. The number of ether oxygens (including phenoxy) is 1. The van der Waals surface area contributed by atoms with Crippen LogP contribution in [0.5, 0.6) is 5.75 Å². The number of rotatable bonds is 5. The second kappa shape index (κ2) is 6.75. The standard InChI is InChI=1S/C16H23NO3/c1-2-20-14-9-5-4-8-13(14)17-15(18)12-16(19)10-6-3-7-11-16/h4-5,8-9,19H,2-3,6-7,10-12H2,1H3,(H,17,18). The SMILES string of the molecule is CCOc1ccccc1NC(=O)CC1(O)CCCCC1. The van der Waals surface area contributed by atoms with Crippen LogP contribution in [0.3, 0.4) is 0 Å². The first-order chi connectivity index (χ1) is 9.63. The molecule has 4 heteroatoms. The molecular formula is C16H23NO3. The van der Waals surface area contributed by atoms with Crippen LogP contribution in [-0.4, -0.2) is 23.2 Å².